The van der Waals surface area contributed by atoms with Gasteiger partial charge in [-0.25, -0.2) is 8.78 Å². The highest BCUT2D eigenvalue weighted by atomic mass is 19.1. The Morgan fingerprint density at radius 1 is 1.04 bits per heavy atom. The van der Waals surface area contributed by atoms with E-state index in [2.05, 4.69) is 0 Å². The second kappa shape index (κ2) is 6.16. The van der Waals surface area contributed by atoms with E-state index in [1.165, 1.54) is 16.7 Å². The number of nitrogens with two attached hydrogens (primary N) is 1. The van der Waals surface area contributed by atoms with Crippen LogP contribution in [0.4, 0.5) is 14.5 Å². The number of anilines is 1. The topological polar surface area (TPSA) is 57.2 Å². The van der Waals surface area contributed by atoms with Crippen molar-refractivity contribution in [2.75, 3.05) is 5.73 Å². The van der Waals surface area contributed by atoms with Crippen molar-refractivity contribution < 1.29 is 13.5 Å². The molecule has 2 N–H and O–H groups in total. The van der Waals surface area contributed by atoms with E-state index < -0.39 is 11.6 Å². The van der Waals surface area contributed by atoms with Gasteiger partial charge in [0.15, 0.2) is 11.6 Å². The summed E-state index contributed by atoms with van der Waals surface area (Å²) in [5, 5.41) is 0. The summed E-state index contributed by atoms with van der Waals surface area (Å²) in [7, 11) is 1.59. The van der Waals surface area contributed by atoms with Crippen LogP contribution in [0, 0.1) is 11.6 Å². The predicted molar refractivity (Wildman–Crippen MR) is 88.0 cm³/mol. The van der Waals surface area contributed by atoms with Gasteiger partial charge in [-0.05, 0) is 24.3 Å². The number of hydrogen-bond acceptors (Lipinski definition) is 3. The molecule has 4 nitrogen and oxygen atoms in total. The monoisotopic (exact) mass is 328 g/mol. The van der Waals surface area contributed by atoms with Gasteiger partial charge < -0.3 is 15.0 Å². The third kappa shape index (κ3) is 2.99. The third-order valence-corrected chi connectivity index (χ3v) is 3.52. The zero-order chi connectivity index (χ0) is 17.3. The highest BCUT2D eigenvalue weighted by molar-refractivity contribution is 5.72. The lowest BCUT2D eigenvalue weighted by Crippen LogP contribution is -2.19. The molecule has 0 fully saturated rings. The van der Waals surface area contributed by atoms with Crippen molar-refractivity contribution in [1.82, 2.24) is 4.57 Å². The van der Waals surface area contributed by atoms with Gasteiger partial charge in [-0.2, -0.15) is 0 Å². The SMILES string of the molecule is Cn1cc(-c2ccccc2Oc2ccc(F)cc2F)cc(N)c1=O. The van der Waals surface area contributed by atoms with E-state index >= 15 is 0 Å². The molecule has 3 rings (SSSR count). The number of hydrogen-bond donors (Lipinski definition) is 1. The van der Waals surface area contributed by atoms with Crippen LogP contribution in [0.1, 0.15) is 0 Å². The molecule has 3 aromatic rings. The average molecular weight is 328 g/mol. The maximum absolute atomic E-state index is 13.8. The Morgan fingerprint density at radius 2 is 1.79 bits per heavy atom. The summed E-state index contributed by atoms with van der Waals surface area (Å²) in [5.74, 6) is -1.22. The number of nitrogen functional groups attached to an aromatic ring is 1. The number of rotatable bonds is 3. The first-order valence-corrected chi connectivity index (χ1v) is 7.14. The number of nitrogens with zero attached hydrogens (tertiary/aromatic N) is 1. The first-order chi connectivity index (χ1) is 11.5. The van der Waals surface area contributed by atoms with Crippen LogP contribution in [0.5, 0.6) is 11.5 Å². The van der Waals surface area contributed by atoms with E-state index in [0.29, 0.717) is 16.9 Å². The Bertz CT molecular complexity index is 941. The molecule has 0 amide bonds. The molecule has 0 aliphatic rings. The number of benzene rings is 2. The standard InChI is InChI=1S/C18H14F2N2O2/c1-22-10-11(8-15(21)18(22)23)13-4-2-3-5-16(13)24-17-7-6-12(19)9-14(17)20/h2-10H,21H2,1H3. The number of pyridine rings is 1. The Kier molecular flexibility index (Phi) is 4.04. The molecule has 0 spiro atoms. The van der Waals surface area contributed by atoms with Crippen LogP contribution in [0.25, 0.3) is 11.1 Å². The molecule has 1 heterocycles. The second-order valence-corrected chi connectivity index (χ2v) is 5.27. The normalized spacial score (nSPS) is 10.6. The molecule has 0 unspecified atom stereocenters. The number of halogens is 2. The van der Waals surface area contributed by atoms with Crippen molar-refractivity contribution in [3.05, 3.63) is 76.7 Å². The summed E-state index contributed by atoms with van der Waals surface area (Å²) >= 11 is 0. The molecule has 24 heavy (non-hydrogen) atoms. The molecule has 0 saturated heterocycles. The van der Waals surface area contributed by atoms with Crippen LogP contribution in [0.3, 0.4) is 0 Å². The number of aryl methyl sites for hydroxylation is 1. The minimum atomic E-state index is -0.801. The Morgan fingerprint density at radius 3 is 2.50 bits per heavy atom. The average Bonchev–Trinajstić information content (AvgIpc) is 2.55. The summed E-state index contributed by atoms with van der Waals surface area (Å²) < 4.78 is 33.8. The molecular weight excluding hydrogens is 314 g/mol. The number of aromatic nitrogens is 1. The van der Waals surface area contributed by atoms with Crippen molar-refractivity contribution >= 4 is 5.69 Å². The lowest BCUT2D eigenvalue weighted by Gasteiger charge is -2.13. The second-order valence-electron chi connectivity index (χ2n) is 5.27. The third-order valence-electron chi connectivity index (χ3n) is 3.52. The first-order valence-electron chi connectivity index (χ1n) is 7.14. The largest absolute Gasteiger partial charge is 0.454 e. The summed E-state index contributed by atoms with van der Waals surface area (Å²) in [4.78, 5) is 11.7. The quantitative estimate of drug-likeness (QED) is 0.797. The fourth-order valence-corrected chi connectivity index (χ4v) is 2.36. The fourth-order valence-electron chi connectivity index (χ4n) is 2.36. The molecule has 0 atom stereocenters. The maximum atomic E-state index is 13.8. The van der Waals surface area contributed by atoms with Gasteiger partial charge in [0.05, 0.1) is 5.69 Å². The van der Waals surface area contributed by atoms with Gasteiger partial charge in [0.2, 0.25) is 0 Å². The van der Waals surface area contributed by atoms with E-state index in [4.69, 9.17) is 10.5 Å². The van der Waals surface area contributed by atoms with Gasteiger partial charge in [-0.1, -0.05) is 18.2 Å². The molecule has 0 aliphatic carbocycles. The molecule has 122 valence electrons. The van der Waals surface area contributed by atoms with Gasteiger partial charge in [0.1, 0.15) is 11.6 Å². The van der Waals surface area contributed by atoms with Crippen molar-refractivity contribution in [3.63, 3.8) is 0 Å². The number of ether oxygens (including phenoxy) is 1. The lowest BCUT2D eigenvalue weighted by molar-refractivity contribution is 0.439. The maximum Gasteiger partial charge on any atom is 0.273 e. The molecule has 0 bridgehead atoms. The molecule has 0 saturated carbocycles. The molecule has 1 aromatic heterocycles. The minimum Gasteiger partial charge on any atom is -0.454 e. The Labute approximate surface area is 136 Å². The first kappa shape index (κ1) is 15.7. The summed E-state index contributed by atoms with van der Waals surface area (Å²) in [5.41, 5.74) is 6.79. The molecule has 0 radical (unpaired) electrons. The van der Waals surface area contributed by atoms with Gasteiger partial charge in [-0.3, -0.25) is 4.79 Å². The van der Waals surface area contributed by atoms with E-state index in [1.54, 1.807) is 37.5 Å². The fraction of sp³-hybridized carbons (Fsp3) is 0.0556. The van der Waals surface area contributed by atoms with Crippen LogP contribution in [0.2, 0.25) is 0 Å². The van der Waals surface area contributed by atoms with Crippen LogP contribution in [-0.2, 0) is 7.05 Å². The van der Waals surface area contributed by atoms with E-state index in [-0.39, 0.29) is 17.0 Å². The van der Waals surface area contributed by atoms with Crippen molar-refractivity contribution in [3.8, 4) is 22.6 Å². The van der Waals surface area contributed by atoms with Crippen molar-refractivity contribution in [2.24, 2.45) is 7.05 Å². The Balaban J connectivity index is 2.07. The zero-order valence-electron chi connectivity index (χ0n) is 12.8. The summed E-state index contributed by atoms with van der Waals surface area (Å²) in [6.07, 6.45) is 1.61. The van der Waals surface area contributed by atoms with Gasteiger partial charge in [0, 0.05) is 30.4 Å². The van der Waals surface area contributed by atoms with Crippen LogP contribution in [0.15, 0.2) is 59.5 Å². The smallest absolute Gasteiger partial charge is 0.273 e. The molecular formula is C18H14F2N2O2. The highest BCUT2D eigenvalue weighted by Gasteiger charge is 2.12. The highest BCUT2D eigenvalue weighted by Crippen LogP contribution is 2.34. The van der Waals surface area contributed by atoms with Crippen LogP contribution in [-0.4, -0.2) is 4.57 Å². The van der Waals surface area contributed by atoms with Crippen molar-refractivity contribution in [1.29, 1.82) is 0 Å². The molecule has 0 aliphatic heterocycles. The van der Waals surface area contributed by atoms with Crippen molar-refractivity contribution in [2.45, 2.75) is 0 Å². The minimum absolute atomic E-state index is 0.0952. The Hall–Kier alpha value is -3.15. The predicted octanol–water partition coefficient (Wildman–Crippen LogP) is 3.71. The zero-order valence-corrected chi connectivity index (χ0v) is 12.8. The summed E-state index contributed by atoms with van der Waals surface area (Å²) in [6.45, 7) is 0. The van der Waals surface area contributed by atoms with Gasteiger partial charge in [0.25, 0.3) is 5.56 Å². The van der Waals surface area contributed by atoms with E-state index in [9.17, 15) is 13.6 Å². The lowest BCUT2D eigenvalue weighted by atomic mass is 10.1. The van der Waals surface area contributed by atoms with E-state index in [1.807, 2.05) is 0 Å². The van der Waals surface area contributed by atoms with Gasteiger partial charge in [-0.15, -0.1) is 0 Å². The molecule has 6 heteroatoms. The summed E-state index contributed by atoms with van der Waals surface area (Å²) in [6, 6.07) is 11.5. The number of para-hydroxylation sites is 1. The van der Waals surface area contributed by atoms with Gasteiger partial charge >= 0.3 is 0 Å². The van der Waals surface area contributed by atoms with Crippen LogP contribution >= 0.6 is 0 Å². The van der Waals surface area contributed by atoms with E-state index in [0.717, 1.165) is 12.1 Å². The molecule has 2 aromatic carbocycles. The van der Waals surface area contributed by atoms with Crippen LogP contribution < -0.4 is 16.0 Å².